The van der Waals surface area contributed by atoms with Crippen LogP contribution in [0.3, 0.4) is 0 Å². The number of aryl methyl sites for hydroxylation is 2. The van der Waals surface area contributed by atoms with Crippen molar-refractivity contribution in [2.24, 2.45) is 0 Å². The summed E-state index contributed by atoms with van der Waals surface area (Å²) in [5.74, 6) is -0.149. The fraction of sp³-hybridized carbons (Fsp3) is 0.118. The fourth-order valence-electron chi connectivity index (χ4n) is 2.42. The number of anilines is 1. The van der Waals surface area contributed by atoms with E-state index in [-0.39, 0.29) is 11.7 Å². The molecule has 0 fully saturated rings. The zero-order valence-corrected chi connectivity index (χ0v) is 11.9. The predicted molar refractivity (Wildman–Crippen MR) is 81.2 cm³/mol. The summed E-state index contributed by atoms with van der Waals surface area (Å²) in [5.41, 5.74) is 10.3. The van der Waals surface area contributed by atoms with Gasteiger partial charge in [-0.3, -0.25) is 0 Å². The standard InChI is InChI=1S/C17H15FN2O/c1-10-7-8-14(18)13(9-10)16-15(17(19)21-20-16)12-6-4-3-5-11(12)2/h3-9H,19H2,1-2H3. The second-order valence-corrected chi connectivity index (χ2v) is 5.07. The monoisotopic (exact) mass is 282 g/mol. The Morgan fingerprint density at radius 2 is 1.81 bits per heavy atom. The van der Waals surface area contributed by atoms with Crippen molar-refractivity contribution >= 4 is 5.88 Å². The van der Waals surface area contributed by atoms with E-state index in [1.807, 2.05) is 38.1 Å². The molecule has 0 aliphatic heterocycles. The summed E-state index contributed by atoms with van der Waals surface area (Å²) >= 11 is 0. The van der Waals surface area contributed by atoms with E-state index in [0.29, 0.717) is 16.8 Å². The Bertz CT molecular complexity index is 808. The van der Waals surface area contributed by atoms with Crippen LogP contribution in [0.1, 0.15) is 11.1 Å². The summed E-state index contributed by atoms with van der Waals surface area (Å²) in [6.07, 6.45) is 0. The third-order valence-corrected chi connectivity index (χ3v) is 3.51. The molecule has 4 heteroatoms. The van der Waals surface area contributed by atoms with Crippen molar-refractivity contribution in [3.8, 4) is 22.4 Å². The molecule has 0 atom stereocenters. The molecule has 3 aromatic rings. The van der Waals surface area contributed by atoms with Gasteiger partial charge in [0, 0.05) is 5.56 Å². The number of hydrogen-bond donors (Lipinski definition) is 1. The van der Waals surface area contributed by atoms with Crippen LogP contribution in [0.4, 0.5) is 10.3 Å². The Morgan fingerprint density at radius 3 is 2.57 bits per heavy atom. The van der Waals surface area contributed by atoms with Crippen molar-refractivity contribution < 1.29 is 8.91 Å². The van der Waals surface area contributed by atoms with E-state index in [9.17, 15) is 4.39 Å². The highest BCUT2D eigenvalue weighted by atomic mass is 19.1. The Hall–Kier alpha value is -2.62. The van der Waals surface area contributed by atoms with Gasteiger partial charge in [0.05, 0.1) is 5.56 Å². The molecule has 0 amide bonds. The summed E-state index contributed by atoms with van der Waals surface area (Å²) in [5, 5.41) is 3.97. The minimum Gasteiger partial charge on any atom is -0.367 e. The number of hydrogen-bond acceptors (Lipinski definition) is 3. The van der Waals surface area contributed by atoms with E-state index in [4.69, 9.17) is 10.3 Å². The second-order valence-electron chi connectivity index (χ2n) is 5.07. The van der Waals surface area contributed by atoms with Crippen molar-refractivity contribution in [1.82, 2.24) is 5.16 Å². The lowest BCUT2D eigenvalue weighted by Crippen LogP contribution is -1.92. The maximum absolute atomic E-state index is 14.1. The van der Waals surface area contributed by atoms with Gasteiger partial charge in [-0.15, -0.1) is 0 Å². The lowest BCUT2D eigenvalue weighted by Gasteiger charge is -2.07. The van der Waals surface area contributed by atoms with Gasteiger partial charge >= 0.3 is 0 Å². The number of halogens is 1. The van der Waals surface area contributed by atoms with E-state index in [0.717, 1.165) is 16.7 Å². The summed E-state index contributed by atoms with van der Waals surface area (Å²) in [6.45, 7) is 3.87. The van der Waals surface area contributed by atoms with Crippen LogP contribution in [0.25, 0.3) is 22.4 Å². The first-order valence-electron chi connectivity index (χ1n) is 6.65. The molecular weight excluding hydrogens is 267 g/mol. The summed E-state index contributed by atoms with van der Waals surface area (Å²) in [6, 6.07) is 12.6. The third-order valence-electron chi connectivity index (χ3n) is 3.51. The summed E-state index contributed by atoms with van der Waals surface area (Å²) in [7, 11) is 0. The van der Waals surface area contributed by atoms with Gasteiger partial charge < -0.3 is 10.3 Å². The molecule has 0 spiro atoms. The van der Waals surface area contributed by atoms with Crippen LogP contribution in [0.2, 0.25) is 0 Å². The van der Waals surface area contributed by atoms with Gasteiger partial charge in [0.25, 0.3) is 0 Å². The van der Waals surface area contributed by atoms with Crippen LogP contribution < -0.4 is 5.73 Å². The maximum atomic E-state index is 14.1. The first-order chi connectivity index (χ1) is 10.1. The summed E-state index contributed by atoms with van der Waals surface area (Å²) < 4.78 is 19.3. The molecular formula is C17H15FN2O. The Kier molecular flexibility index (Phi) is 3.22. The molecule has 1 aromatic heterocycles. The van der Waals surface area contributed by atoms with Crippen LogP contribution in [0.15, 0.2) is 47.0 Å². The molecule has 0 unspecified atom stereocenters. The van der Waals surface area contributed by atoms with E-state index in [1.54, 1.807) is 12.1 Å². The molecule has 3 nitrogen and oxygen atoms in total. The van der Waals surface area contributed by atoms with Gasteiger partial charge in [0.1, 0.15) is 11.5 Å². The molecule has 106 valence electrons. The quantitative estimate of drug-likeness (QED) is 0.760. The van der Waals surface area contributed by atoms with E-state index in [2.05, 4.69) is 5.16 Å². The SMILES string of the molecule is Cc1ccc(F)c(-c2noc(N)c2-c2ccccc2C)c1. The van der Waals surface area contributed by atoms with Gasteiger partial charge in [0.15, 0.2) is 0 Å². The zero-order valence-electron chi connectivity index (χ0n) is 11.9. The van der Waals surface area contributed by atoms with Gasteiger partial charge in [0.2, 0.25) is 5.88 Å². The summed E-state index contributed by atoms with van der Waals surface area (Å²) in [4.78, 5) is 0. The average molecular weight is 282 g/mol. The first-order valence-corrected chi connectivity index (χ1v) is 6.65. The number of rotatable bonds is 2. The van der Waals surface area contributed by atoms with Crippen LogP contribution in [0.5, 0.6) is 0 Å². The molecule has 0 saturated carbocycles. The van der Waals surface area contributed by atoms with E-state index in [1.165, 1.54) is 6.07 Å². The van der Waals surface area contributed by atoms with Crippen molar-refractivity contribution in [2.75, 3.05) is 5.73 Å². The van der Waals surface area contributed by atoms with Crippen LogP contribution >= 0.6 is 0 Å². The fourth-order valence-corrected chi connectivity index (χ4v) is 2.42. The number of nitrogens with two attached hydrogens (primary N) is 1. The Labute approximate surface area is 122 Å². The highest BCUT2D eigenvalue weighted by Gasteiger charge is 2.21. The van der Waals surface area contributed by atoms with Gasteiger partial charge in [-0.25, -0.2) is 4.39 Å². The lowest BCUT2D eigenvalue weighted by atomic mass is 9.96. The Balaban J connectivity index is 2.27. The van der Waals surface area contributed by atoms with E-state index >= 15 is 0 Å². The molecule has 21 heavy (non-hydrogen) atoms. The molecule has 0 aliphatic carbocycles. The van der Waals surface area contributed by atoms with Crippen LogP contribution in [-0.2, 0) is 0 Å². The first kappa shape index (κ1) is 13.4. The minimum absolute atomic E-state index is 0.195. The number of benzene rings is 2. The van der Waals surface area contributed by atoms with Gasteiger partial charge in [-0.05, 0) is 37.1 Å². The third kappa shape index (κ3) is 2.29. The number of aromatic nitrogens is 1. The molecule has 0 bridgehead atoms. The normalized spacial score (nSPS) is 10.8. The van der Waals surface area contributed by atoms with Crippen molar-refractivity contribution in [2.45, 2.75) is 13.8 Å². The highest BCUT2D eigenvalue weighted by molar-refractivity contribution is 5.88. The van der Waals surface area contributed by atoms with Crippen molar-refractivity contribution in [1.29, 1.82) is 0 Å². The maximum Gasteiger partial charge on any atom is 0.230 e. The smallest absolute Gasteiger partial charge is 0.230 e. The Morgan fingerprint density at radius 1 is 1.05 bits per heavy atom. The minimum atomic E-state index is -0.344. The molecule has 0 aliphatic rings. The zero-order chi connectivity index (χ0) is 15.0. The second kappa shape index (κ2) is 5.05. The molecule has 0 saturated heterocycles. The topological polar surface area (TPSA) is 52.0 Å². The molecule has 1 heterocycles. The molecule has 2 aromatic carbocycles. The highest BCUT2D eigenvalue weighted by Crippen LogP contribution is 2.38. The van der Waals surface area contributed by atoms with Crippen molar-refractivity contribution in [3.63, 3.8) is 0 Å². The number of nitrogens with zero attached hydrogens (tertiary/aromatic N) is 1. The van der Waals surface area contributed by atoms with E-state index < -0.39 is 0 Å². The van der Waals surface area contributed by atoms with Gasteiger partial charge in [-0.1, -0.05) is 41.1 Å². The predicted octanol–water partition coefficient (Wildman–Crippen LogP) is 4.35. The molecule has 2 N–H and O–H groups in total. The average Bonchev–Trinajstić information content (AvgIpc) is 2.84. The van der Waals surface area contributed by atoms with Crippen molar-refractivity contribution in [3.05, 3.63) is 59.4 Å². The molecule has 3 rings (SSSR count). The van der Waals surface area contributed by atoms with Crippen LogP contribution in [0, 0.1) is 19.7 Å². The van der Waals surface area contributed by atoms with Gasteiger partial charge in [-0.2, -0.15) is 0 Å². The number of nitrogen functional groups attached to an aromatic ring is 1. The largest absolute Gasteiger partial charge is 0.367 e. The van der Waals surface area contributed by atoms with Crippen LogP contribution in [-0.4, -0.2) is 5.16 Å². The molecule has 0 radical (unpaired) electrons. The lowest BCUT2D eigenvalue weighted by molar-refractivity contribution is 0.439.